The van der Waals surface area contributed by atoms with Crippen molar-refractivity contribution in [2.24, 2.45) is 0 Å². The lowest BCUT2D eigenvalue weighted by atomic mass is 10.2. The SMILES string of the molecule is CCOC(=O)c1nc(COC(=O)c2ccc(N)c([N+](=O)[O-])c2)cs1. The molecule has 0 unspecified atom stereocenters. The Bertz CT molecular complexity index is 789. The molecule has 0 aliphatic carbocycles. The highest BCUT2D eigenvalue weighted by Crippen LogP contribution is 2.23. The highest BCUT2D eigenvalue weighted by Gasteiger charge is 2.17. The maximum absolute atomic E-state index is 11.9. The van der Waals surface area contributed by atoms with Crippen LogP contribution >= 0.6 is 11.3 Å². The number of carbonyl (C=O) groups excluding carboxylic acids is 2. The third-order valence-corrected chi connectivity index (χ3v) is 3.69. The third kappa shape index (κ3) is 4.04. The van der Waals surface area contributed by atoms with Crippen molar-refractivity contribution in [3.8, 4) is 0 Å². The minimum Gasteiger partial charge on any atom is -0.461 e. The lowest BCUT2D eigenvalue weighted by Crippen LogP contribution is -2.08. The third-order valence-electron chi connectivity index (χ3n) is 2.82. The fraction of sp³-hybridized carbons (Fsp3) is 0.214. The van der Waals surface area contributed by atoms with Gasteiger partial charge in [-0.1, -0.05) is 0 Å². The Kier molecular flexibility index (Phi) is 5.42. The largest absolute Gasteiger partial charge is 0.461 e. The van der Waals surface area contributed by atoms with Crippen LogP contribution in [0.4, 0.5) is 11.4 Å². The zero-order valence-electron chi connectivity index (χ0n) is 12.6. The van der Waals surface area contributed by atoms with Crippen molar-refractivity contribution >= 4 is 34.7 Å². The number of rotatable bonds is 6. The van der Waals surface area contributed by atoms with Crippen LogP contribution in [-0.2, 0) is 16.1 Å². The predicted octanol–water partition coefficient (Wildman–Crippen LogP) is 2.17. The molecule has 0 saturated heterocycles. The van der Waals surface area contributed by atoms with Crippen LogP contribution < -0.4 is 5.73 Å². The number of nitrogens with zero attached hydrogens (tertiary/aromatic N) is 2. The molecule has 1 heterocycles. The van der Waals surface area contributed by atoms with Crippen molar-refractivity contribution in [3.05, 3.63) is 50.0 Å². The molecule has 2 aromatic rings. The first-order valence-electron chi connectivity index (χ1n) is 6.75. The van der Waals surface area contributed by atoms with E-state index >= 15 is 0 Å². The summed E-state index contributed by atoms with van der Waals surface area (Å²) in [6.45, 7) is 1.74. The van der Waals surface area contributed by atoms with Gasteiger partial charge in [-0.15, -0.1) is 11.3 Å². The first-order chi connectivity index (χ1) is 11.4. The van der Waals surface area contributed by atoms with E-state index in [9.17, 15) is 19.7 Å². The van der Waals surface area contributed by atoms with E-state index in [4.69, 9.17) is 15.2 Å². The smallest absolute Gasteiger partial charge is 0.367 e. The molecule has 0 atom stereocenters. The van der Waals surface area contributed by atoms with Gasteiger partial charge in [0.2, 0.25) is 5.01 Å². The van der Waals surface area contributed by atoms with Gasteiger partial charge in [0.15, 0.2) is 0 Å². The summed E-state index contributed by atoms with van der Waals surface area (Å²) >= 11 is 1.07. The Morgan fingerprint density at radius 2 is 2.08 bits per heavy atom. The van der Waals surface area contributed by atoms with E-state index < -0.39 is 16.9 Å². The Hall–Kier alpha value is -3.01. The minimum absolute atomic E-state index is 0.00301. The first kappa shape index (κ1) is 17.3. The molecule has 0 bridgehead atoms. The fourth-order valence-corrected chi connectivity index (χ4v) is 2.40. The number of anilines is 1. The Morgan fingerprint density at radius 1 is 1.33 bits per heavy atom. The van der Waals surface area contributed by atoms with E-state index in [1.807, 2.05) is 0 Å². The molecule has 1 aromatic heterocycles. The second kappa shape index (κ2) is 7.51. The van der Waals surface area contributed by atoms with Crippen molar-refractivity contribution < 1.29 is 24.0 Å². The van der Waals surface area contributed by atoms with Crippen molar-refractivity contribution in [2.45, 2.75) is 13.5 Å². The summed E-state index contributed by atoms with van der Waals surface area (Å²) in [6.07, 6.45) is 0. The van der Waals surface area contributed by atoms with Crippen LogP contribution in [0.25, 0.3) is 0 Å². The molecule has 0 aliphatic rings. The van der Waals surface area contributed by atoms with E-state index in [1.54, 1.807) is 12.3 Å². The van der Waals surface area contributed by atoms with Crippen LogP contribution in [0.2, 0.25) is 0 Å². The monoisotopic (exact) mass is 351 g/mol. The number of nitro benzene ring substituents is 1. The van der Waals surface area contributed by atoms with Gasteiger partial charge < -0.3 is 15.2 Å². The molecule has 0 spiro atoms. The summed E-state index contributed by atoms with van der Waals surface area (Å²) in [5, 5.41) is 12.5. The van der Waals surface area contributed by atoms with Crippen LogP contribution in [0.3, 0.4) is 0 Å². The molecule has 0 aliphatic heterocycles. The Morgan fingerprint density at radius 3 is 2.75 bits per heavy atom. The number of nitrogens with two attached hydrogens (primary N) is 1. The van der Waals surface area contributed by atoms with Crippen molar-refractivity contribution in [1.29, 1.82) is 0 Å². The predicted molar refractivity (Wildman–Crippen MR) is 84.7 cm³/mol. The zero-order chi connectivity index (χ0) is 17.7. The van der Waals surface area contributed by atoms with Gasteiger partial charge in [0.25, 0.3) is 5.69 Å². The molecule has 1 aromatic carbocycles. The highest BCUT2D eigenvalue weighted by molar-refractivity contribution is 7.11. The average molecular weight is 351 g/mol. The lowest BCUT2D eigenvalue weighted by Gasteiger charge is -2.04. The first-order valence-corrected chi connectivity index (χ1v) is 7.63. The van der Waals surface area contributed by atoms with Crippen LogP contribution in [0.1, 0.15) is 32.8 Å². The van der Waals surface area contributed by atoms with E-state index in [1.165, 1.54) is 12.1 Å². The van der Waals surface area contributed by atoms with Gasteiger partial charge in [-0.2, -0.15) is 0 Å². The Balaban J connectivity index is 2.02. The topological polar surface area (TPSA) is 135 Å². The minimum atomic E-state index is -0.760. The van der Waals surface area contributed by atoms with Gasteiger partial charge in [-0.05, 0) is 19.1 Å². The summed E-state index contributed by atoms with van der Waals surface area (Å²) < 4.78 is 9.84. The number of carbonyl (C=O) groups is 2. The standard InChI is InChI=1S/C14H13N3O6S/c1-2-22-14(19)12-16-9(7-24-12)6-23-13(18)8-3-4-10(15)11(5-8)17(20)21/h3-5,7H,2,6,15H2,1H3. The molecule has 24 heavy (non-hydrogen) atoms. The molecule has 10 heteroatoms. The summed E-state index contributed by atoms with van der Waals surface area (Å²) in [5.74, 6) is -1.31. The molecule has 9 nitrogen and oxygen atoms in total. The fourth-order valence-electron chi connectivity index (χ4n) is 1.71. The molecule has 0 fully saturated rings. The van der Waals surface area contributed by atoms with Crippen LogP contribution in [0, 0.1) is 10.1 Å². The van der Waals surface area contributed by atoms with Crippen LogP contribution in [0.5, 0.6) is 0 Å². The molecule has 126 valence electrons. The number of nitro groups is 1. The second-order valence-electron chi connectivity index (χ2n) is 4.47. The van der Waals surface area contributed by atoms with Crippen molar-refractivity contribution in [3.63, 3.8) is 0 Å². The van der Waals surface area contributed by atoms with Crippen molar-refractivity contribution in [1.82, 2.24) is 4.98 Å². The number of nitrogen functional groups attached to an aromatic ring is 1. The van der Waals surface area contributed by atoms with Gasteiger partial charge >= 0.3 is 11.9 Å². The number of aromatic nitrogens is 1. The van der Waals surface area contributed by atoms with E-state index in [-0.39, 0.29) is 35.2 Å². The zero-order valence-corrected chi connectivity index (χ0v) is 13.4. The molecule has 0 amide bonds. The summed E-state index contributed by atoms with van der Waals surface area (Å²) in [7, 11) is 0. The molecular weight excluding hydrogens is 338 g/mol. The van der Waals surface area contributed by atoms with Gasteiger partial charge in [-0.25, -0.2) is 14.6 Å². The number of hydrogen-bond donors (Lipinski definition) is 1. The number of thiazole rings is 1. The van der Waals surface area contributed by atoms with Crippen LogP contribution in [0.15, 0.2) is 23.6 Å². The van der Waals surface area contributed by atoms with Gasteiger partial charge in [0, 0.05) is 11.4 Å². The molecule has 2 N–H and O–H groups in total. The van der Waals surface area contributed by atoms with Gasteiger partial charge in [0.1, 0.15) is 12.3 Å². The summed E-state index contributed by atoms with van der Waals surface area (Å²) in [5.41, 5.74) is 5.42. The molecule has 2 rings (SSSR count). The van der Waals surface area contributed by atoms with Gasteiger partial charge in [-0.3, -0.25) is 10.1 Å². The molecule has 0 radical (unpaired) electrons. The lowest BCUT2D eigenvalue weighted by molar-refractivity contribution is -0.383. The molecule has 0 saturated carbocycles. The van der Waals surface area contributed by atoms with Crippen molar-refractivity contribution in [2.75, 3.05) is 12.3 Å². The van der Waals surface area contributed by atoms with E-state index in [0.29, 0.717) is 5.69 Å². The van der Waals surface area contributed by atoms with Gasteiger partial charge in [0.05, 0.1) is 22.8 Å². The maximum atomic E-state index is 11.9. The maximum Gasteiger partial charge on any atom is 0.367 e. The number of esters is 2. The number of benzene rings is 1. The summed E-state index contributed by atoms with van der Waals surface area (Å²) in [4.78, 5) is 37.6. The van der Waals surface area contributed by atoms with E-state index in [0.717, 1.165) is 17.4 Å². The highest BCUT2D eigenvalue weighted by atomic mass is 32.1. The van der Waals surface area contributed by atoms with E-state index in [2.05, 4.69) is 4.98 Å². The molecular formula is C14H13N3O6S. The normalized spacial score (nSPS) is 10.2. The summed E-state index contributed by atoms with van der Waals surface area (Å²) in [6, 6.07) is 3.63. The number of ether oxygens (including phenoxy) is 2. The van der Waals surface area contributed by atoms with Crippen LogP contribution in [-0.4, -0.2) is 28.5 Å². The Labute approximate surface area is 140 Å². The number of hydrogen-bond acceptors (Lipinski definition) is 9. The quantitative estimate of drug-likeness (QED) is 0.362. The second-order valence-corrected chi connectivity index (χ2v) is 5.33. The average Bonchev–Trinajstić information content (AvgIpc) is 3.02.